The molecule has 0 aliphatic rings. The quantitative estimate of drug-likeness (QED) is 0.0261. The lowest BCUT2D eigenvalue weighted by Gasteiger charge is -2.18. The van der Waals surface area contributed by atoms with E-state index < -0.39 is 6.10 Å². The zero-order valence-corrected chi connectivity index (χ0v) is 53.5. The Hall–Kier alpha value is -3.67. The van der Waals surface area contributed by atoms with E-state index >= 15 is 0 Å². The van der Waals surface area contributed by atoms with E-state index in [-0.39, 0.29) is 31.1 Å². The molecular formula is C75H130O6. The fraction of sp³-hybridized carbons (Fsp3) is 0.747. The van der Waals surface area contributed by atoms with E-state index in [1.807, 2.05) is 0 Å². The Balaban J connectivity index is 4.09. The van der Waals surface area contributed by atoms with E-state index in [0.717, 1.165) is 116 Å². The van der Waals surface area contributed by atoms with Crippen LogP contribution in [0, 0.1) is 0 Å². The fourth-order valence-corrected chi connectivity index (χ4v) is 9.96. The third kappa shape index (κ3) is 67.0. The molecule has 0 N–H and O–H groups in total. The minimum absolute atomic E-state index is 0.0760. The molecule has 6 heteroatoms. The highest BCUT2D eigenvalue weighted by atomic mass is 16.6. The lowest BCUT2D eigenvalue weighted by molar-refractivity contribution is -0.167. The van der Waals surface area contributed by atoms with Crippen molar-refractivity contribution in [3.8, 4) is 0 Å². The van der Waals surface area contributed by atoms with Gasteiger partial charge in [0, 0.05) is 19.3 Å². The van der Waals surface area contributed by atoms with Crippen molar-refractivity contribution < 1.29 is 28.6 Å². The summed E-state index contributed by atoms with van der Waals surface area (Å²) in [5, 5.41) is 0. The van der Waals surface area contributed by atoms with Gasteiger partial charge in [-0.25, -0.2) is 0 Å². The van der Waals surface area contributed by atoms with Gasteiger partial charge in [-0.2, -0.15) is 0 Å². The van der Waals surface area contributed by atoms with Crippen LogP contribution in [0.5, 0.6) is 0 Å². The third-order valence-corrected chi connectivity index (χ3v) is 15.1. The van der Waals surface area contributed by atoms with Gasteiger partial charge in [-0.05, 0) is 96.3 Å². The van der Waals surface area contributed by atoms with E-state index in [4.69, 9.17) is 14.2 Å². The summed E-state index contributed by atoms with van der Waals surface area (Å²) in [6.07, 6.45) is 93.0. The summed E-state index contributed by atoms with van der Waals surface area (Å²) in [6, 6.07) is 0. The molecule has 0 aliphatic carbocycles. The average Bonchev–Trinajstić information content (AvgIpc) is 3.47. The maximum Gasteiger partial charge on any atom is 0.306 e. The predicted molar refractivity (Wildman–Crippen MR) is 353 cm³/mol. The lowest BCUT2D eigenvalue weighted by Crippen LogP contribution is -2.30. The summed E-state index contributed by atoms with van der Waals surface area (Å²) in [5.74, 6) is -0.870. The zero-order chi connectivity index (χ0) is 58.5. The van der Waals surface area contributed by atoms with E-state index in [0.29, 0.717) is 19.3 Å². The topological polar surface area (TPSA) is 78.9 Å². The third-order valence-electron chi connectivity index (χ3n) is 15.1. The van der Waals surface area contributed by atoms with Gasteiger partial charge in [-0.1, -0.05) is 323 Å². The molecule has 0 aromatic heterocycles. The lowest BCUT2D eigenvalue weighted by atomic mass is 10.0. The molecule has 0 rings (SSSR count). The van der Waals surface area contributed by atoms with Crippen LogP contribution in [0.2, 0.25) is 0 Å². The number of ether oxygens (including phenoxy) is 3. The molecule has 6 nitrogen and oxygen atoms in total. The number of carbonyl (C=O) groups excluding carboxylic acids is 3. The number of rotatable bonds is 63. The number of esters is 3. The second-order valence-electron chi connectivity index (χ2n) is 23.0. The van der Waals surface area contributed by atoms with Gasteiger partial charge in [0.15, 0.2) is 6.10 Å². The van der Waals surface area contributed by atoms with E-state index in [2.05, 4.69) is 118 Å². The number of hydrogen-bond donors (Lipinski definition) is 0. The highest BCUT2D eigenvalue weighted by Gasteiger charge is 2.19. The summed E-state index contributed by atoms with van der Waals surface area (Å²) in [5.41, 5.74) is 0. The fourth-order valence-electron chi connectivity index (χ4n) is 9.96. The Morgan fingerprint density at radius 1 is 0.259 bits per heavy atom. The Labute approximate surface area is 502 Å². The molecule has 81 heavy (non-hydrogen) atoms. The van der Waals surface area contributed by atoms with Gasteiger partial charge in [0.1, 0.15) is 13.2 Å². The van der Waals surface area contributed by atoms with Crippen molar-refractivity contribution in [2.24, 2.45) is 0 Å². The van der Waals surface area contributed by atoms with Gasteiger partial charge >= 0.3 is 17.9 Å². The van der Waals surface area contributed by atoms with Crippen molar-refractivity contribution >= 4 is 17.9 Å². The average molecular weight is 1130 g/mol. The van der Waals surface area contributed by atoms with Crippen molar-refractivity contribution in [1.29, 1.82) is 0 Å². The zero-order valence-electron chi connectivity index (χ0n) is 53.5. The van der Waals surface area contributed by atoms with Gasteiger partial charge in [-0.15, -0.1) is 0 Å². The van der Waals surface area contributed by atoms with Crippen LogP contribution in [0.25, 0.3) is 0 Å². The maximum atomic E-state index is 12.9. The molecule has 0 aliphatic heterocycles. The first-order valence-electron chi connectivity index (χ1n) is 34.7. The first-order chi connectivity index (χ1) is 40.0. The van der Waals surface area contributed by atoms with Crippen molar-refractivity contribution in [2.75, 3.05) is 13.2 Å². The molecule has 0 spiro atoms. The molecule has 0 amide bonds. The molecule has 0 saturated heterocycles. The number of allylic oxidation sites excluding steroid dienone is 16. The van der Waals surface area contributed by atoms with Gasteiger partial charge < -0.3 is 14.2 Å². The van der Waals surface area contributed by atoms with Crippen molar-refractivity contribution in [3.63, 3.8) is 0 Å². The SMILES string of the molecule is CC/C=C\C/C=C\C/C=C\C/C=C\C/C=C\CCCCCCCCCCCCCCCCCCCCCC(=O)OCC(COC(=O)CCCCCCCCCCCCC)OC(=O)CCCCCCCCC/C=C\C/C=C\C/C=C\CC. The first kappa shape index (κ1) is 77.3. The highest BCUT2D eigenvalue weighted by Crippen LogP contribution is 2.18. The van der Waals surface area contributed by atoms with Crippen LogP contribution >= 0.6 is 0 Å². The van der Waals surface area contributed by atoms with Crippen LogP contribution in [0.1, 0.15) is 342 Å². The van der Waals surface area contributed by atoms with Crippen LogP contribution in [0.4, 0.5) is 0 Å². The molecule has 0 aromatic rings. The molecule has 1 unspecified atom stereocenters. The highest BCUT2D eigenvalue weighted by molar-refractivity contribution is 5.71. The molecule has 466 valence electrons. The molecule has 0 bridgehead atoms. The van der Waals surface area contributed by atoms with Crippen LogP contribution in [-0.4, -0.2) is 37.2 Å². The summed E-state index contributed by atoms with van der Waals surface area (Å²) in [7, 11) is 0. The minimum Gasteiger partial charge on any atom is -0.462 e. The molecule has 0 saturated carbocycles. The van der Waals surface area contributed by atoms with Crippen molar-refractivity contribution in [1.82, 2.24) is 0 Å². The van der Waals surface area contributed by atoms with Crippen LogP contribution in [-0.2, 0) is 28.6 Å². The van der Waals surface area contributed by atoms with Crippen LogP contribution < -0.4 is 0 Å². The van der Waals surface area contributed by atoms with Crippen molar-refractivity contribution in [3.05, 3.63) is 97.2 Å². The van der Waals surface area contributed by atoms with Gasteiger partial charge in [0.2, 0.25) is 0 Å². The summed E-state index contributed by atoms with van der Waals surface area (Å²) >= 11 is 0. The number of carbonyl (C=O) groups is 3. The molecule has 0 aromatic carbocycles. The van der Waals surface area contributed by atoms with Crippen LogP contribution in [0.3, 0.4) is 0 Å². The largest absolute Gasteiger partial charge is 0.462 e. The Bertz CT molecular complexity index is 1580. The molecule has 0 radical (unpaired) electrons. The van der Waals surface area contributed by atoms with Crippen molar-refractivity contribution in [2.45, 2.75) is 348 Å². The van der Waals surface area contributed by atoms with E-state index in [1.165, 1.54) is 186 Å². The first-order valence-corrected chi connectivity index (χ1v) is 34.7. The molecular weight excluding hydrogens is 997 g/mol. The molecule has 0 fully saturated rings. The van der Waals surface area contributed by atoms with Gasteiger partial charge in [0.25, 0.3) is 0 Å². The van der Waals surface area contributed by atoms with E-state index in [1.54, 1.807) is 0 Å². The second kappa shape index (κ2) is 68.8. The second-order valence-corrected chi connectivity index (χ2v) is 23.0. The summed E-state index contributed by atoms with van der Waals surface area (Å²) < 4.78 is 16.9. The predicted octanol–water partition coefficient (Wildman–Crippen LogP) is 24.0. The Morgan fingerprint density at radius 3 is 0.753 bits per heavy atom. The van der Waals surface area contributed by atoms with Gasteiger partial charge in [-0.3, -0.25) is 14.4 Å². The van der Waals surface area contributed by atoms with E-state index in [9.17, 15) is 14.4 Å². The van der Waals surface area contributed by atoms with Gasteiger partial charge in [0.05, 0.1) is 0 Å². The van der Waals surface area contributed by atoms with Crippen LogP contribution in [0.15, 0.2) is 97.2 Å². The molecule has 1 atom stereocenters. The Kier molecular flexibility index (Phi) is 65.7. The smallest absolute Gasteiger partial charge is 0.306 e. The summed E-state index contributed by atoms with van der Waals surface area (Å²) in [4.78, 5) is 38.3. The number of unbranched alkanes of at least 4 members (excludes halogenated alkanes) is 36. The number of hydrogen-bond acceptors (Lipinski definition) is 6. The normalized spacial score (nSPS) is 12.7. The minimum atomic E-state index is -0.779. The maximum absolute atomic E-state index is 12.9. The summed E-state index contributed by atoms with van der Waals surface area (Å²) in [6.45, 7) is 6.44. The Morgan fingerprint density at radius 2 is 0.481 bits per heavy atom. The standard InChI is InChI=1S/C75H130O6/c1-4-7-10-13-16-19-22-24-26-28-29-30-31-32-33-34-35-36-37-38-39-40-41-42-43-44-45-47-48-50-53-56-59-62-65-68-74(77)80-71-72(70-79-73(76)67-64-61-58-55-52-21-18-15-12-9-6-3)81-75(78)69-66-63-60-57-54-51-49-46-27-25-23-20-17-14-11-8-5-2/h7-8,10-11,16-17,19-20,24-27,29-30,32-33,72H,4-6,9,12-15,18,21-23,28,31,34-71H2,1-3H3/b10-7-,11-8-,19-16-,20-17-,26-24-,27-25-,30-29-,33-32-. The molecule has 0 heterocycles. The monoisotopic (exact) mass is 1130 g/mol.